The molecule has 0 saturated carbocycles. The fourth-order valence-corrected chi connectivity index (χ4v) is 4.21. The molecule has 0 amide bonds. The van der Waals surface area contributed by atoms with E-state index in [2.05, 4.69) is 0 Å². The lowest BCUT2D eigenvalue weighted by Crippen LogP contribution is -2.38. The Morgan fingerprint density at radius 3 is 2.78 bits per heavy atom. The molecule has 2 N–H and O–H groups in total. The molecule has 1 aromatic heterocycles. The Hall–Kier alpha value is -0.850. The molecular weight excluding hydrogens is 252 g/mol. The third kappa shape index (κ3) is 2.32. The van der Waals surface area contributed by atoms with E-state index in [9.17, 15) is 8.42 Å². The number of hydrogen-bond donors (Lipinski definition) is 1. The van der Waals surface area contributed by atoms with Crippen molar-refractivity contribution in [3.63, 3.8) is 0 Å². The van der Waals surface area contributed by atoms with Gasteiger partial charge in [-0.15, -0.1) is 0 Å². The summed E-state index contributed by atoms with van der Waals surface area (Å²) in [4.78, 5) is 0. The summed E-state index contributed by atoms with van der Waals surface area (Å²) < 4.78 is 31.8. The largest absolute Gasteiger partial charge is 0.447 e. The van der Waals surface area contributed by atoms with Crippen LogP contribution in [-0.2, 0) is 16.6 Å². The van der Waals surface area contributed by atoms with Crippen molar-refractivity contribution in [1.29, 1.82) is 0 Å². The predicted molar refractivity (Wildman–Crippen MR) is 68.4 cm³/mol. The summed E-state index contributed by atoms with van der Waals surface area (Å²) in [5.41, 5.74) is 5.43. The summed E-state index contributed by atoms with van der Waals surface area (Å²) in [5, 5.41) is 0.00972. The highest BCUT2D eigenvalue weighted by atomic mass is 32.2. The van der Waals surface area contributed by atoms with E-state index in [1.54, 1.807) is 10.4 Å². The molecule has 1 saturated heterocycles. The van der Waals surface area contributed by atoms with E-state index in [1.807, 2.05) is 13.8 Å². The van der Waals surface area contributed by atoms with Crippen molar-refractivity contribution in [2.45, 2.75) is 44.4 Å². The van der Waals surface area contributed by atoms with Gasteiger partial charge < -0.3 is 10.2 Å². The average Bonchev–Trinajstić information content (AvgIpc) is 2.98. The van der Waals surface area contributed by atoms with E-state index < -0.39 is 10.0 Å². The normalized spacial score (nSPS) is 21.9. The lowest BCUT2D eigenvalue weighted by molar-refractivity contribution is 0.303. The van der Waals surface area contributed by atoms with Gasteiger partial charge in [-0.1, -0.05) is 13.8 Å². The van der Waals surface area contributed by atoms with Crippen LogP contribution in [0.5, 0.6) is 0 Å². The second-order valence-electron chi connectivity index (χ2n) is 4.99. The first-order valence-electron chi connectivity index (χ1n) is 6.27. The van der Waals surface area contributed by atoms with Crippen LogP contribution >= 0.6 is 0 Å². The zero-order chi connectivity index (χ0) is 13.3. The summed E-state index contributed by atoms with van der Waals surface area (Å²) in [7, 11) is -3.51. The Morgan fingerprint density at radius 2 is 2.22 bits per heavy atom. The maximum absolute atomic E-state index is 12.5. The molecule has 0 aromatic carbocycles. The number of nitrogens with zero attached hydrogens (tertiary/aromatic N) is 1. The van der Waals surface area contributed by atoms with Crippen LogP contribution in [0.2, 0.25) is 0 Å². The van der Waals surface area contributed by atoms with Crippen LogP contribution in [0.4, 0.5) is 0 Å². The number of rotatable bonds is 4. The van der Waals surface area contributed by atoms with Gasteiger partial charge in [0.1, 0.15) is 5.76 Å². The van der Waals surface area contributed by atoms with Crippen LogP contribution in [0.25, 0.3) is 0 Å². The number of sulfonamides is 1. The van der Waals surface area contributed by atoms with Crippen molar-refractivity contribution >= 4 is 10.0 Å². The SMILES string of the molecule is CC(C)C1CCCN1S(=O)(=O)c1ccc(CN)o1. The Morgan fingerprint density at radius 1 is 1.50 bits per heavy atom. The van der Waals surface area contributed by atoms with E-state index >= 15 is 0 Å². The number of furan rings is 1. The van der Waals surface area contributed by atoms with Gasteiger partial charge in [-0.05, 0) is 30.9 Å². The van der Waals surface area contributed by atoms with Crippen molar-refractivity contribution in [2.24, 2.45) is 11.7 Å². The molecule has 1 aliphatic heterocycles. The van der Waals surface area contributed by atoms with Crippen molar-refractivity contribution in [1.82, 2.24) is 4.31 Å². The third-order valence-electron chi connectivity index (χ3n) is 3.42. The van der Waals surface area contributed by atoms with Gasteiger partial charge in [0.05, 0.1) is 6.54 Å². The van der Waals surface area contributed by atoms with Gasteiger partial charge >= 0.3 is 0 Å². The minimum absolute atomic E-state index is 0.00972. The Kier molecular flexibility index (Phi) is 3.79. The highest BCUT2D eigenvalue weighted by Crippen LogP contribution is 2.30. The molecule has 6 heteroatoms. The van der Waals surface area contributed by atoms with Crippen molar-refractivity contribution in [3.05, 3.63) is 17.9 Å². The van der Waals surface area contributed by atoms with Crippen LogP contribution in [0, 0.1) is 5.92 Å². The predicted octanol–water partition coefficient (Wildman–Crippen LogP) is 1.55. The molecule has 0 aliphatic carbocycles. The first-order valence-corrected chi connectivity index (χ1v) is 7.71. The minimum Gasteiger partial charge on any atom is -0.447 e. The van der Waals surface area contributed by atoms with Gasteiger partial charge in [-0.2, -0.15) is 4.31 Å². The van der Waals surface area contributed by atoms with E-state index in [0.29, 0.717) is 18.2 Å². The zero-order valence-electron chi connectivity index (χ0n) is 10.8. The van der Waals surface area contributed by atoms with Gasteiger partial charge in [0.25, 0.3) is 10.0 Å². The molecule has 102 valence electrons. The molecule has 0 radical (unpaired) electrons. The quantitative estimate of drug-likeness (QED) is 0.902. The van der Waals surface area contributed by atoms with Crippen molar-refractivity contribution in [2.75, 3.05) is 6.54 Å². The molecule has 5 nitrogen and oxygen atoms in total. The smallest absolute Gasteiger partial charge is 0.276 e. The van der Waals surface area contributed by atoms with E-state index in [0.717, 1.165) is 12.8 Å². The summed E-state index contributed by atoms with van der Waals surface area (Å²) in [6.45, 7) is 4.88. The average molecular weight is 272 g/mol. The first kappa shape index (κ1) is 13.6. The lowest BCUT2D eigenvalue weighted by Gasteiger charge is -2.25. The summed E-state index contributed by atoms with van der Waals surface area (Å²) >= 11 is 0. The van der Waals surface area contributed by atoms with Crippen molar-refractivity contribution in [3.8, 4) is 0 Å². The van der Waals surface area contributed by atoms with E-state index in [1.165, 1.54) is 6.07 Å². The maximum Gasteiger partial charge on any atom is 0.276 e. The van der Waals surface area contributed by atoms with Gasteiger partial charge in [0.15, 0.2) is 0 Å². The Bertz CT molecular complexity index is 507. The molecule has 0 bridgehead atoms. The standard InChI is InChI=1S/C12H20N2O3S/c1-9(2)11-4-3-7-14(11)18(15,16)12-6-5-10(8-13)17-12/h5-6,9,11H,3-4,7-8,13H2,1-2H3. The number of nitrogens with two attached hydrogens (primary N) is 1. The highest BCUT2D eigenvalue weighted by Gasteiger charge is 2.38. The van der Waals surface area contributed by atoms with Crippen molar-refractivity contribution < 1.29 is 12.8 Å². The summed E-state index contributed by atoms with van der Waals surface area (Å²) in [6.07, 6.45) is 1.83. The monoisotopic (exact) mass is 272 g/mol. The molecule has 1 aromatic rings. The van der Waals surface area contributed by atoms with Gasteiger partial charge in [-0.25, -0.2) is 8.42 Å². The Balaban J connectivity index is 2.30. The maximum atomic E-state index is 12.5. The third-order valence-corrected chi connectivity index (χ3v) is 5.22. The molecule has 1 atom stereocenters. The second kappa shape index (κ2) is 5.03. The fourth-order valence-electron chi connectivity index (χ4n) is 2.45. The van der Waals surface area contributed by atoms with Crippen LogP contribution in [0.15, 0.2) is 21.6 Å². The summed E-state index contributed by atoms with van der Waals surface area (Å²) in [5.74, 6) is 0.806. The van der Waals surface area contributed by atoms with E-state index in [4.69, 9.17) is 10.2 Å². The Labute approximate surface area is 108 Å². The number of hydrogen-bond acceptors (Lipinski definition) is 4. The van der Waals surface area contributed by atoms with Crippen LogP contribution in [0.3, 0.4) is 0 Å². The van der Waals surface area contributed by atoms with Crippen LogP contribution < -0.4 is 5.73 Å². The first-order chi connectivity index (χ1) is 8.46. The van der Waals surface area contributed by atoms with Gasteiger partial charge in [0.2, 0.25) is 5.09 Å². The molecule has 1 fully saturated rings. The molecule has 1 aliphatic rings. The molecule has 18 heavy (non-hydrogen) atoms. The second-order valence-corrected chi connectivity index (χ2v) is 6.82. The van der Waals surface area contributed by atoms with Crippen LogP contribution in [0.1, 0.15) is 32.4 Å². The minimum atomic E-state index is -3.51. The highest BCUT2D eigenvalue weighted by molar-refractivity contribution is 7.89. The molecule has 0 spiro atoms. The molecule has 2 heterocycles. The lowest BCUT2D eigenvalue weighted by atomic mass is 10.0. The molecule has 2 rings (SSSR count). The molecular formula is C12H20N2O3S. The summed E-state index contributed by atoms with van der Waals surface area (Å²) in [6, 6.07) is 3.18. The van der Waals surface area contributed by atoms with E-state index in [-0.39, 0.29) is 17.7 Å². The van der Waals surface area contributed by atoms with Gasteiger partial charge in [0, 0.05) is 12.6 Å². The van der Waals surface area contributed by atoms with Gasteiger partial charge in [-0.3, -0.25) is 0 Å². The molecule has 1 unspecified atom stereocenters. The zero-order valence-corrected chi connectivity index (χ0v) is 11.6. The fraction of sp³-hybridized carbons (Fsp3) is 0.667. The topological polar surface area (TPSA) is 76.5 Å². The van der Waals surface area contributed by atoms with Crippen LogP contribution in [-0.4, -0.2) is 25.3 Å².